The number of aromatic nitrogens is 4. The van der Waals surface area contributed by atoms with Crippen molar-refractivity contribution in [2.24, 2.45) is 9.98 Å². The summed E-state index contributed by atoms with van der Waals surface area (Å²) in [5.41, 5.74) is 6.41. The number of aromatic hydroxyl groups is 2. The summed E-state index contributed by atoms with van der Waals surface area (Å²) in [7, 11) is 0. The average molecular weight is 730 g/mol. The van der Waals surface area contributed by atoms with Crippen LogP contribution in [-0.4, -0.2) is 64.4 Å². The zero-order valence-corrected chi connectivity index (χ0v) is 29.1. The van der Waals surface area contributed by atoms with E-state index in [1.165, 1.54) is 33.9 Å². The number of hydrogen-bond acceptors (Lipinski definition) is 8. The Morgan fingerprint density at radius 2 is 0.902 bits per heavy atom. The van der Waals surface area contributed by atoms with Gasteiger partial charge in [-0.15, -0.1) is 0 Å². The molecule has 0 fully saturated rings. The zero-order chi connectivity index (χ0) is 35.9. The van der Waals surface area contributed by atoms with Crippen LogP contribution in [0.3, 0.4) is 0 Å². The van der Waals surface area contributed by atoms with E-state index in [0.717, 1.165) is 22.5 Å². The Morgan fingerprint density at radius 1 is 0.569 bits per heavy atom. The third kappa shape index (κ3) is 8.29. The zero-order valence-electron chi connectivity index (χ0n) is 28.0. The number of carbonyl (C=O) groups is 2. The van der Waals surface area contributed by atoms with Crippen molar-refractivity contribution in [3.63, 3.8) is 0 Å². The van der Waals surface area contributed by atoms with Gasteiger partial charge in [-0.3, -0.25) is 9.98 Å². The Bertz CT molecular complexity index is 2110. The quantitative estimate of drug-likeness (QED) is 0.118. The SMILES string of the molecule is Cc1ccccc1-n1nc(C)c(C=Nc2ccccc2C(=O)O)c1O.Cc1ccccc1-n1nc(C)c(C=Nc2ccccc2C(=O)O)c1O.[Co]. The molecule has 0 bridgehead atoms. The van der Waals surface area contributed by atoms with Crippen molar-refractivity contribution in [1.29, 1.82) is 0 Å². The van der Waals surface area contributed by atoms with Gasteiger partial charge >= 0.3 is 11.9 Å². The van der Waals surface area contributed by atoms with Gasteiger partial charge in [0.05, 0.1) is 56.4 Å². The summed E-state index contributed by atoms with van der Waals surface area (Å²) in [5.74, 6) is -2.18. The molecule has 6 aromatic rings. The van der Waals surface area contributed by atoms with Crippen molar-refractivity contribution in [2.75, 3.05) is 0 Å². The molecule has 0 aliphatic heterocycles. The topological polar surface area (TPSA) is 175 Å². The fourth-order valence-electron chi connectivity index (χ4n) is 5.10. The van der Waals surface area contributed by atoms with Gasteiger partial charge in [-0.25, -0.2) is 19.0 Å². The monoisotopic (exact) mass is 729 g/mol. The van der Waals surface area contributed by atoms with E-state index in [-0.39, 0.29) is 39.7 Å². The first-order chi connectivity index (χ1) is 24.0. The Hall–Kier alpha value is -6.31. The van der Waals surface area contributed by atoms with Crippen LogP contribution in [0.2, 0.25) is 0 Å². The van der Waals surface area contributed by atoms with Gasteiger partial charge in [-0.2, -0.15) is 10.2 Å². The molecule has 0 aliphatic rings. The number of rotatable bonds is 8. The largest absolute Gasteiger partial charge is 0.493 e. The number of aromatic carboxylic acids is 2. The minimum Gasteiger partial charge on any atom is -0.493 e. The normalized spacial score (nSPS) is 10.9. The molecular weight excluding hydrogens is 695 g/mol. The summed E-state index contributed by atoms with van der Waals surface area (Å²) in [6, 6.07) is 28.1. The smallest absolute Gasteiger partial charge is 0.337 e. The summed E-state index contributed by atoms with van der Waals surface area (Å²) in [5, 5.41) is 48.2. The molecule has 0 atom stereocenters. The van der Waals surface area contributed by atoms with Crippen LogP contribution in [0.4, 0.5) is 11.4 Å². The molecule has 12 nitrogen and oxygen atoms in total. The number of carboxylic acid groups (broad SMARTS) is 2. The number of hydrogen-bond donors (Lipinski definition) is 4. The maximum absolute atomic E-state index is 11.3. The molecule has 0 saturated carbocycles. The van der Waals surface area contributed by atoms with Crippen LogP contribution in [0.15, 0.2) is 107 Å². The van der Waals surface area contributed by atoms with Gasteiger partial charge in [0.1, 0.15) is 0 Å². The fraction of sp³-hybridized carbons (Fsp3) is 0.105. The molecule has 2 heterocycles. The molecule has 6 rings (SSSR count). The predicted molar refractivity (Wildman–Crippen MR) is 191 cm³/mol. The summed E-state index contributed by atoms with van der Waals surface area (Å²) in [6.07, 6.45) is 2.88. The molecule has 4 aromatic carbocycles. The molecule has 1 radical (unpaired) electrons. The van der Waals surface area contributed by atoms with E-state index >= 15 is 0 Å². The molecular formula is C38H34CoN6O6. The van der Waals surface area contributed by atoms with E-state index in [0.29, 0.717) is 33.9 Å². The van der Waals surface area contributed by atoms with Gasteiger partial charge < -0.3 is 20.4 Å². The van der Waals surface area contributed by atoms with Crippen LogP contribution in [0.25, 0.3) is 11.4 Å². The molecule has 0 amide bonds. The van der Waals surface area contributed by atoms with Crippen LogP contribution in [0, 0.1) is 27.7 Å². The van der Waals surface area contributed by atoms with Gasteiger partial charge in [0, 0.05) is 29.2 Å². The molecule has 0 aliphatic carbocycles. The third-order valence-corrected chi connectivity index (χ3v) is 7.78. The van der Waals surface area contributed by atoms with Gasteiger partial charge in [0.2, 0.25) is 11.8 Å². The van der Waals surface area contributed by atoms with Crippen LogP contribution < -0.4 is 0 Å². The van der Waals surface area contributed by atoms with Crippen molar-refractivity contribution in [3.05, 3.63) is 142 Å². The summed E-state index contributed by atoms with van der Waals surface area (Å²) in [4.78, 5) is 31.0. The molecule has 261 valence electrons. The van der Waals surface area contributed by atoms with Crippen LogP contribution in [-0.2, 0) is 16.8 Å². The first kappa shape index (κ1) is 37.5. The van der Waals surface area contributed by atoms with Crippen molar-refractivity contribution in [1.82, 2.24) is 19.6 Å². The maximum atomic E-state index is 11.3. The van der Waals surface area contributed by atoms with Gasteiger partial charge in [0.25, 0.3) is 0 Å². The Morgan fingerprint density at radius 3 is 1.25 bits per heavy atom. The summed E-state index contributed by atoms with van der Waals surface area (Å²) < 4.78 is 2.91. The Balaban J connectivity index is 0.000000224. The van der Waals surface area contributed by atoms with E-state index < -0.39 is 11.9 Å². The molecule has 0 spiro atoms. The minimum absolute atomic E-state index is 0. The second-order valence-electron chi connectivity index (χ2n) is 11.2. The molecule has 13 heteroatoms. The van der Waals surface area contributed by atoms with Crippen LogP contribution in [0.1, 0.15) is 54.4 Å². The van der Waals surface area contributed by atoms with Crippen LogP contribution >= 0.6 is 0 Å². The third-order valence-electron chi connectivity index (χ3n) is 7.78. The van der Waals surface area contributed by atoms with Gasteiger partial charge in [-0.1, -0.05) is 60.7 Å². The van der Waals surface area contributed by atoms with Gasteiger partial charge in [-0.05, 0) is 75.2 Å². The summed E-state index contributed by atoms with van der Waals surface area (Å²) >= 11 is 0. The molecule has 2 aromatic heterocycles. The summed E-state index contributed by atoms with van der Waals surface area (Å²) in [6.45, 7) is 7.39. The second-order valence-corrected chi connectivity index (χ2v) is 11.2. The predicted octanol–water partition coefficient (Wildman–Crippen LogP) is 7.28. The van der Waals surface area contributed by atoms with Crippen LogP contribution in [0.5, 0.6) is 11.8 Å². The van der Waals surface area contributed by atoms with Crippen molar-refractivity contribution in [2.45, 2.75) is 27.7 Å². The first-order valence-electron chi connectivity index (χ1n) is 15.4. The maximum Gasteiger partial charge on any atom is 0.337 e. The number of para-hydroxylation sites is 4. The minimum atomic E-state index is -1.05. The average Bonchev–Trinajstić information content (AvgIpc) is 3.55. The van der Waals surface area contributed by atoms with Crippen molar-refractivity contribution < 1.29 is 46.8 Å². The number of carboxylic acids is 2. The molecule has 51 heavy (non-hydrogen) atoms. The molecule has 4 N–H and O–H groups in total. The second kappa shape index (κ2) is 16.4. The van der Waals surface area contributed by atoms with Gasteiger partial charge in [0.15, 0.2) is 0 Å². The van der Waals surface area contributed by atoms with E-state index in [1.54, 1.807) is 50.2 Å². The number of aryl methyl sites for hydroxylation is 4. The van der Waals surface area contributed by atoms with E-state index in [9.17, 15) is 30.0 Å². The van der Waals surface area contributed by atoms with E-state index in [1.807, 2.05) is 62.4 Å². The standard InChI is InChI=1S/2C19H17N3O3.Co/c2*1-12-7-3-6-10-17(12)22-18(23)15(13(2)21-22)11-20-16-9-5-4-8-14(16)19(24)25;/h2*3-11,23H,1-2H3,(H,24,25);. The van der Waals surface area contributed by atoms with Crippen molar-refractivity contribution >= 4 is 35.7 Å². The Labute approximate surface area is 303 Å². The van der Waals surface area contributed by atoms with Crippen molar-refractivity contribution in [3.8, 4) is 23.1 Å². The van der Waals surface area contributed by atoms with E-state index in [4.69, 9.17) is 0 Å². The number of nitrogens with zero attached hydrogens (tertiary/aromatic N) is 6. The molecule has 0 saturated heterocycles. The number of aliphatic imine (C=N–C) groups is 2. The van der Waals surface area contributed by atoms with E-state index in [2.05, 4.69) is 20.2 Å². The first-order valence-corrected chi connectivity index (χ1v) is 15.4. The Kier molecular flexibility index (Phi) is 12.1. The number of benzene rings is 4. The molecule has 0 unspecified atom stereocenters. The fourth-order valence-corrected chi connectivity index (χ4v) is 5.10.